The number of benzene rings is 1. The molecule has 22 heavy (non-hydrogen) atoms. The van der Waals surface area contributed by atoms with Gasteiger partial charge in [0.25, 0.3) is 5.91 Å². The van der Waals surface area contributed by atoms with Gasteiger partial charge in [0.05, 0.1) is 7.11 Å². The van der Waals surface area contributed by atoms with Gasteiger partial charge in [0, 0.05) is 12.1 Å². The zero-order chi connectivity index (χ0) is 16.5. The van der Waals surface area contributed by atoms with Crippen molar-refractivity contribution in [1.29, 1.82) is 5.39 Å². The number of carbonyl (C=O) groups excluding carboxylic acids is 2. The number of carbonyl (C=O) groups is 2. The first kappa shape index (κ1) is 16.9. The van der Waals surface area contributed by atoms with Gasteiger partial charge < -0.3 is 9.84 Å². The Morgan fingerprint density at radius 1 is 1.41 bits per heavy atom. The molecule has 0 aliphatic heterocycles. The zero-order valence-electron chi connectivity index (χ0n) is 12.1. The summed E-state index contributed by atoms with van der Waals surface area (Å²) in [7, 11) is 1.10. The Balaban J connectivity index is 3.18. The second-order valence-corrected chi connectivity index (χ2v) is 4.16. The standard InChI is InChI=1S/C15H15N3O4/c1-3-4-10-18(13(19)11-8-6-5-7-9-11)14(20)12(17-16)15(21)22-2/h3,5-9H,1,4,10H2,2H3/p+1. The van der Waals surface area contributed by atoms with Gasteiger partial charge in [-0.05, 0) is 18.6 Å². The van der Waals surface area contributed by atoms with Gasteiger partial charge >= 0.3 is 17.5 Å². The summed E-state index contributed by atoms with van der Waals surface area (Å²) < 4.78 is 4.47. The third kappa shape index (κ3) is 3.93. The van der Waals surface area contributed by atoms with E-state index in [1.807, 2.05) is 0 Å². The predicted molar refractivity (Wildman–Crippen MR) is 79.0 cm³/mol. The molecule has 0 aromatic heterocycles. The predicted octanol–water partition coefficient (Wildman–Crippen LogP) is 2.46. The van der Waals surface area contributed by atoms with Crippen LogP contribution in [-0.4, -0.2) is 35.5 Å². The normalized spacial score (nSPS) is 10.9. The van der Waals surface area contributed by atoms with Crippen LogP contribution in [0.1, 0.15) is 16.8 Å². The fraction of sp³-hybridized carbons (Fsp3) is 0.200. The van der Waals surface area contributed by atoms with E-state index in [2.05, 4.69) is 16.3 Å². The van der Waals surface area contributed by atoms with E-state index in [-0.39, 0.29) is 12.1 Å². The minimum atomic E-state index is -0.974. The number of ether oxygens (including phenoxy) is 1. The number of hydrogen-bond donors (Lipinski definition) is 1. The van der Waals surface area contributed by atoms with Crippen molar-refractivity contribution in [2.24, 2.45) is 0 Å². The van der Waals surface area contributed by atoms with Crippen LogP contribution in [0, 0.1) is 5.39 Å². The van der Waals surface area contributed by atoms with Gasteiger partial charge in [-0.2, -0.15) is 0 Å². The molecule has 7 nitrogen and oxygen atoms in total. The van der Waals surface area contributed by atoms with Crippen LogP contribution >= 0.6 is 0 Å². The molecule has 0 saturated carbocycles. The summed E-state index contributed by atoms with van der Waals surface area (Å²) >= 11 is 0. The second kappa shape index (κ2) is 8.21. The van der Waals surface area contributed by atoms with Crippen LogP contribution in [0.4, 0.5) is 0 Å². The van der Waals surface area contributed by atoms with E-state index in [9.17, 15) is 14.7 Å². The first-order valence-electron chi connectivity index (χ1n) is 6.41. The number of aliphatic hydroxyl groups is 1. The fourth-order valence-electron chi connectivity index (χ4n) is 1.65. The maximum absolute atomic E-state index is 12.4. The molecular weight excluding hydrogens is 286 g/mol. The van der Waals surface area contributed by atoms with Crippen LogP contribution in [0.5, 0.6) is 0 Å². The Bertz CT molecular complexity index is 632. The minimum absolute atomic E-state index is 0.0199. The van der Waals surface area contributed by atoms with Crippen LogP contribution in [0.3, 0.4) is 0 Å². The van der Waals surface area contributed by atoms with Crippen molar-refractivity contribution in [3.63, 3.8) is 0 Å². The third-order valence-corrected chi connectivity index (χ3v) is 2.77. The quantitative estimate of drug-likeness (QED) is 0.377. The molecule has 0 spiro atoms. The monoisotopic (exact) mass is 302 g/mol. The van der Waals surface area contributed by atoms with Crippen molar-refractivity contribution < 1.29 is 19.4 Å². The Morgan fingerprint density at radius 3 is 2.55 bits per heavy atom. The van der Waals surface area contributed by atoms with E-state index in [0.717, 1.165) is 12.0 Å². The lowest BCUT2D eigenvalue weighted by molar-refractivity contribution is -0.124. The summed E-state index contributed by atoms with van der Waals surface area (Å²) in [4.78, 5) is 28.3. The molecule has 0 saturated heterocycles. The summed E-state index contributed by atoms with van der Waals surface area (Å²) in [6.45, 7) is 3.55. The van der Waals surface area contributed by atoms with Gasteiger partial charge in [0.15, 0.2) is 4.98 Å². The molecule has 0 heterocycles. The molecule has 1 rings (SSSR count). The zero-order valence-corrected chi connectivity index (χ0v) is 12.1. The van der Waals surface area contributed by atoms with Gasteiger partial charge in [0.2, 0.25) is 5.39 Å². The van der Waals surface area contributed by atoms with Crippen molar-refractivity contribution in [2.45, 2.75) is 6.42 Å². The fourth-order valence-corrected chi connectivity index (χ4v) is 1.65. The van der Waals surface area contributed by atoms with Gasteiger partial charge in [-0.1, -0.05) is 24.3 Å². The van der Waals surface area contributed by atoms with Crippen LogP contribution in [-0.2, 0) is 9.53 Å². The summed E-state index contributed by atoms with van der Waals surface area (Å²) in [5.74, 6) is -2.44. The molecule has 0 aliphatic carbocycles. The van der Waals surface area contributed by atoms with Crippen LogP contribution in [0.2, 0.25) is 0 Å². The molecule has 0 bridgehead atoms. The Hall–Kier alpha value is -3.14. The van der Waals surface area contributed by atoms with Gasteiger partial charge in [-0.25, -0.2) is 0 Å². The number of methoxy groups -OCH3 is 1. The highest BCUT2D eigenvalue weighted by Crippen LogP contribution is 2.13. The summed E-state index contributed by atoms with van der Waals surface area (Å²) in [5.41, 5.74) is -0.468. The molecule has 1 N–H and O–H groups in total. The number of aliphatic hydroxyl groups excluding tert-OH is 1. The summed E-state index contributed by atoms with van der Waals surface area (Å²) in [5, 5.41) is 18.3. The molecule has 114 valence electrons. The lowest BCUT2D eigenvalue weighted by Gasteiger charge is -2.17. The van der Waals surface area contributed by atoms with Crippen molar-refractivity contribution in [3.05, 3.63) is 65.2 Å². The maximum atomic E-state index is 12.4. The number of nitrogens with zero attached hydrogens (tertiary/aromatic N) is 3. The molecule has 2 amide bonds. The van der Waals surface area contributed by atoms with Crippen LogP contribution in [0.25, 0.3) is 4.98 Å². The van der Waals surface area contributed by atoms with E-state index in [0.29, 0.717) is 6.42 Å². The van der Waals surface area contributed by atoms with E-state index >= 15 is 0 Å². The van der Waals surface area contributed by atoms with E-state index < -0.39 is 23.5 Å². The average Bonchev–Trinajstić information content (AvgIpc) is 2.56. The molecule has 0 aliphatic rings. The van der Waals surface area contributed by atoms with Crippen LogP contribution in [0.15, 0.2) is 54.6 Å². The highest BCUT2D eigenvalue weighted by molar-refractivity contribution is 6.10. The SMILES string of the molecule is C=CCCN(C(=O)/C([N+]#N)=C(\O)OC)C(=O)c1ccccc1. The molecule has 1 aromatic rings. The highest BCUT2D eigenvalue weighted by Gasteiger charge is 2.38. The lowest BCUT2D eigenvalue weighted by Crippen LogP contribution is -2.38. The van der Waals surface area contributed by atoms with Crippen molar-refractivity contribution in [1.82, 2.24) is 4.90 Å². The minimum Gasteiger partial charge on any atom is -0.475 e. The van der Waals surface area contributed by atoms with E-state index in [4.69, 9.17) is 5.39 Å². The number of imide groups is 1. The second-order valence-electron chi connectivity index (χ2n) is 4.16. The number of hydrogen-bond acceptors (Lipinski definition) is 5. The number of rotatable bonds is 6. The van der Waals surface area contributed by atoms with Crippen LogP contribution < -0.4 is 0 Å². The average molecular weight is 302 g/mol. The van der Waals surface area contributed by atoms with Gasteiger partial charge in [-0.15, -0.1) is 6.58 Å². The Labute approximate surface area is 127 Å². The van der Waals surface area contributed by atoms with Gasteiger partial charge in [-0.3, -0.25) is 14.5 Å². The van der Waals surface area contributed by atoms with Crippen molar-refractivity contribution in [3.8, 4) is 0 Å². The van der Waals surface area contributed by atoms with E-state index in [1.165, 1.54) is 6.08 Å². The molecule has 1 aromatic carbocycles. The molecule has 0 unspecified atom stereocenters. The topological polar surface area (TPSA) is 95.0 Å². The first-order valence-corrected chi connectivity index (χ1v) is 6.41. The third-order valence-electron chi connectivity index (χ3n) is 2.77. The molecule has 0 radical (unpaired) electrons. The summed E-state index contributed by atoms with van der Waals surface area (Å²) in [6, 6.07) is 8.14. The lowest BCUT2D eigenvalue weighted by atomic mass is 10.2. The molecule has 0 fully saturated rings. The maximum Gasteiger partial charge on any atom is 0.528 e. The van der Waals surface area contributed by atoms with Crippen molar-refractivity contribution in [2.75, 3.05) is 13.7 Å². The van der Waals surface area contributed by atoms with Crippen molar-refractivity contribution >= 4 is 11.8 Å². The number of amides is 2. The summed E-state index contributed by atoms with van der Waals surface area (Å²) in [6.07, 6.45) is 1.88. The largest absolute Gasteiger partial charge is 0.528 e. The molecular formula is C15H16N3O4+. The molecule has 0 atom stereocenters. The Kier molecular flexibility index (Phi) is 6.32. The van der Waals surface area contributed by atoms with E-state index in [1.54, 1.807) is 30.3 Å². The van der Waals surface area contributed by atoms with Gasteiger partial charge in [0.1, 0.15) is 0 Å². The molecule has 7 heteroatoms. The smallest absolute Gasteiger partial charge is 0.475 e. The highest BCUT2D eigenvalue weighted by atomic mass is 16.6. The first-order chi connectivity index (χ1) is 10.6. The Morgan fingerprint density at radius 2 is 2.05 bits per heavy atom. The number of diazo groups is 1.